The molecule has 2 aromatic carbocycles. The summed E-state index contributed by atoms with van der Waals surface area (Å²) in [6.45, 7) is 5.00. The Kier molecular flexibility index (Phi) is 5.00. The second kappa shape index (κ2) is 6.29. The molecule has 1 heteroatoms. The van der Waals surface area contributed by atoms with Gasteiger partial charge in [-0.2, -0.15) is 0 Å². The monoisotopic (exact) mass is 215 g/mol. The summed E-state index contributed by atoms with van der Waals surface area (Å²) >= 11 is 0. The van der Waals surface area contributed by atoms with Gasteiger partial charge in [-0.3, -0.25) is 0 Å². The Balaban J connectivity index is 0.000000606. The maximum atomic E-state index is 2.20. The lowest BCUT2D eigenvalue weighted by atomic mass is 10.0. The van der Waals surface area contributed by atoms with Crippen LogP contribution in [0.4, 0.5) is 0 Å². The fourth-order valence-electron chi connectivity index (χ4n) is 1.77. The molecule has 2 aromatic rings. The predicted octanol–water partition coefficient (Wildman–Crippen LogP) is 3.93. The molecule has 0 aliphatic heterocycles. The normalized spacial score (nSPS) is 10.1. The fraction of sp³-hybridized carbons (Fsp3) is 0.333. The van der Waals surface area contributed by atoms with Gasteiger partial charge >= 0.3 is 0 Å². The van der Waals surface area contributed by atoms with Crippen molar-refractivity contribution in [1.29, 1.82) is 0 Å². The number of fused-ring (bicyclic) bond motifs is 1. The van der Waals surface area contributed by atoms with Crippen molar-refractivity contribution in [3.8, 4) is 0 Å². The van der Waals surface area contributed by atoms with Crippen LogP contribution in [0.2, 0.25) is 0 Å². The first-order chi connectivity index (χ1) is 7.77. The zero-order valence-corrected chi connectivity index (χ0v) is 10.7. The Hall–Kier alpha value is -1.34. The van der Waals surface area contributed by atoms with Gasteiger partial charge in [0.05, 0.1) is 0 Å². The molecule has 0 aliphatic carbocycles. The summed E-state index contributed by atoms with van der Waals surface area (Å²) < 4.78 is 0. The first kappa shape index (κ1) is 12.7. The van der Waals surface area contributed by atoms with Gasteiger partial charge in [0.25, 0.3) is 0 Å². The van der Waals surface area contributed by atoms with E-state index < -0.39 is 0 Å². The maximum Gasteiger partial charge on any atom is 0.0233 e. The smallest absolute Gasteiger partial charge is 0.0233 e. The average Bonchev–Trinajstić information content (AvgIpc) is 2.31. The molecule has 0 N–H and O–H groups in total. The third-order valence-electron chi connectivity index (χ3n) is 2.37. The average molecular weight is 215 g/mol. The molecule has 0 saturated heterocycles. The Morgan fingerprint density at radius 1 is 0.875 bits per heavy atom. The van der Waals surface area contributed by atoms with Crippen LogP contribution in [0.1, 0.15) is 19.4 Å². The molecule has 0 radical (unpaired) electrons. The number of rotatable bonds is 2. The molecule has 0 saturated carbocycles. The van der Waals surface area contributed by atoms with E-state index in [-0.39, 0.29) is 0 Å². The van der Waals surface area contributed by atoms with Gasteiger partial charge in [0.2, 0.25) is 0 Å². The first-order valence-corrected chi connectivity index (χ1v) is 5.89. The van der Waals surface area contributed by atoms with Crippen LogP contribution < -0.4 is 0 Å². The highest BCUT2D eigenvalue weighted by Gasteiger charge is 2.00. The van der Waals surface area contributed by atoms with Crippen LogP contribution in [-0.4, -0.2) is 19.0 Å². The largest absolute Gasteiger partial charge is 0.305 e. The highest BCUT2D eigenvalue weighted by atomic mass is 15.0. The van der Waals surface area contributed by atoms with Crippen LogP contribution in [0.5, 0.6) is 0 Å². The van der Waals surface area contributed by atoms with Crippen molar-refractivity contribution in [3.05, 3.63) is 48.0 Å². The number of hydrogen-bond donors (Lipinski definition) is 0. The molecule has 2 rings (SSSR count). The summed E-state index contributed by atoms with van der Waals surface area (Å²) in [6.07, 6.45) is 0. The third-order valence-corrected chi connectivity index (χ3v) is 2.37. The number of hydrogen-bond acceptors (Lipinski definition) is 1. The van der Waals surface area contributed by atoms with Gasteiger partial charge in [-0.25, -0.2) is 0 Å². The fourth-order valence-corrected chi connectivity index (χ4v) is 1.77. The Labute approximate surface area is 98.7 Å². The molecule has 0 spiro atoms. The minimum Gasteiger partial charge on any atom is -0.305 e. The van der Waals surface area contributed by atoms with E-state index in [0.717, 1.165) is 6.54 Å². The molecule has 0 fully saturated rings. The molecular weight excluding hydrogens is 194 g/mol. The molecule has 0 atom stereocenters. The van der Waals surface area contributed by atoms with Crippen LogP contribution in [0, 0.1) is 0 Å². The Bertz CT molecular complexity index is 427. The van der Waals surface area contributed by atoms with Gasteiger partial charge in [-0.15, -0.1) is 0 Å². The van der Waals surface area contributed by atoms with Crippen molar-refractivity contribution < 1.29 is 0 Å². The Morgan fingerprint density at radius 3 is 2.19 bits per heavy atom. The SMILES string of the molecule is CC.CN(C)Cc1cccc2ccccc12. The summed E-state index contributed by atoms with van der Waals surface area (Å²) in [6, 6.07) is 15.0. The number of benzene rings is 2. The van der Waals surface area contributed by atoms with Crippen LogP contribution in [0.25, 0.3) is 10.8 Å². The molecule has 0 aromatic heterocycles. The van der Waals surface area contributed by atoms with Crippen LogP contribution >= 0.6 is 0 Å². The van der Waals surface area contributed by atoms with Crippen LogP contribution in [0.15, 0.2) is 42.5 Å². The topological polar surface area (TPSA) is 3.24 Å². The molecule has 16 heavy (non-hydrogen) atoms. The lowest BCUT2D eigenvalue weighted by molar-refractivity contribution is 0.404. The second-order valence-electron chi connectivity index (χ2n) is 3.88. The molecule has 0 aliphatic rings. The van der Waals surface area contributed by atoms with E-state index in [0.29, 0.717) is 0 Å². The van der Waals surface area contributed by atoms with Crippen molar-refractivity contribution >= 4 is 10.8 Å². The number of nitrogens with zero attached hydrogens (tertiary/aromatic N) is 1. The third kappa shape index (κ3) is 3.07. The van der Waals surface area contributed by atoms with Gasteiger partial charge in [0, 0.05) is 6.54 Å². The van der Waals surface area contributed by atoms with Crippen molar-refractivity contribution in [1.82, 2.24) is 4.90 Å². The van der Waals surface area contributed by atoms with Crippen molar-refractivity contribution in [2.24, 2.45) is 0 Å². The van der Waals surface area contributed by atoms with E-state index >= 15 is 0 Å². The van der Waals surface area contributed by atoms with Crippen molar-refractivity contribution in [2.45, 2.75) is 20.4 Å². The van der Waals surface area contributed by atoms with Gasteiger partial charge < -0.3 is 4.90 Å². The zero-order valence-electron chi connectivity index (χ0n) is 10.7. The highest BCUT2D eigenvalue weighted by Crippen LogP contribution is 2.18. The van der Waals surface area contributed by atoms with E-state index in [1.165, 1.54) is 16.3 Å². The molecule has 0 bridgehead atoms. The molecule has 0 unspecified atom stereocenters. The van der Waals surface area contributed by atoms with Gasteiger partial charge in [0.1, 0.15) is 0 Å². The maximum absolute atomic E-state index is 2.20. The van der Waals surface area contributed by atoms with E-state index in [2.05, 4.69) is 61.5 Å². The van der Waals surface area contributed by atoms with E-state index in [1.807, 2.05) is 13.8 Å². The predicted molar refractivity (Wildman–Crippen MR) is 72.7 cm³/mol. The molecule has 0 heterocycles. The first-order valence-electron chi connectivity index (χ1n) is 5.89. The van der Waals surface area contributed by atoms with Gasteiger partial charge in [-0.1, -0.05) is 56.3 Å². The summed E-state index contributed by atoms with van der Waals surface area (Å²) in [5.41, 5.74) is 1.40. The standard InChI is InChI=1S/C13H15N.C2H6/c1-14(2)10-12-8-5-7-11-6-3-4-9-13(11)12;1-2/h3-9H,10H2,1-2H3;1-2H3. The second-order valence-corrected chi connectivity index (χ2v) is 3.88. The molecular formula is C15H21N. The molecule has 86 valence electrons. The minimum absolute atomic E-state index is 1.00. The zero-order chi connectivity index (χ0) is 12.0. The highest BCUT2D eigenvalue weighted by molar-refractivity contribution is 5.85. The lowest BCUT2D eigenvalue weighted by Gasteiger charge is -2.11. The summed E-state index contributed by atoms with van der Waals surface area (Å²) in [7, 11) is 4.20. The van der Waals surface area contributed by atoms with Crippen LogP contribution in [-0.2, 0) is 6.54 Å². The molecule has 1 nitrogen and oxygen atoms in total. The van der Waals surface area contributed by atoms with E-state index in [4.69, 9.17) is 0 Å². The molecule has 0 amide bonds. The van der Waals surface area contributed by atoms with Crippen molar-refractivity contribution in [3.63, 3.8) is 0 Å². The van der Waals surface area contributed by atoms with Gasteiger partial charge in [0.15, 0.2) is 0 Å². The minimum atomic E-state index is 1.00. The summed E-state index contributed by atoms with van der Waals surface area (Å²) in [5.74, 6) is 0. The summed E-state index contributed by atoms with van der Waals surface area (Å²) in [5, 5.41) is 2.69. The van der Waals surface area contributed by atoms with E-state index in [9.17, 15) is 0 Å². The quantitative estimate of drug-likeness (QED) is 0.733. The van der Waals surface area contributed by atoms with Gasteiger partial charge in [-0.05, 0) is 30.4 Å². The van der Waals surface area contributed by atoms with E-state index in [1.54, 1.807) is 0 Å². The van der Waals surface area contributed by atoms with Crippen molar-refractivity contribution in [2.75, 3.05) is 14.1 Å². The van der Waals surface area contributed by atoms with Crippen LogP contribution in [0.3, 0.4) is 0 Å². The summed E-state index contributed by atoms with van der Waals surface area (Å²) in [4.78, 5) is 2.20. The lowest BCUT2D eigenvalue weighted by Crippen LogP contribution is -2.10. The Morgan fingerprint density at radius 2 is 1.50 bits per heavy atom.